The van der Waals surface area contributed by atoms with Gasteiger partial charge in [-0.25, -0.2) is 9.97 Å². The Kier molecular flexibility index (Phi) is 2.51. The molecule has 2 rings (SSSR count). The number of hydrogen-bond donors (Lipinski definition) is 1. The number of aromatic nitrogens is 2. The first-order valence-electron chi connectivity index (χ1n) is 5.57. The van der Waals surface area contributed by atoms with Gasteiger partial charge in [-0.1, -0.05) is 20.8 Å². The summed E-state index contributed by atoms with van der Waals surface area (Å²) in [5.41, 5.74) is 8.40. The predicted octanol–water partition coefficient (Wildman–Crippen LogP) is 1.59. The molecule has 1 unspecified atom stereocenters. The summed E-state index contributed by atoms with van der Waals surface area (Å²) in [4.78, 5) is 9.08. The van der Waals surface area contributed by atoms with E-state index in [1.165, 1.54) is 11.3 Å². The van der Waals surface area contributed by atoms with Gasteiger partial charge >= 0.3 is 0 Å². The lowest BCUT2D eigenvalue weighted by Gasteiger charge is -2.23. The molecule has 0 saturated carbocycles. The van der Waals surface area contributed by atoms with Gasteiger partial charge in [-0.15, -0.1) is 0 Å². The van der Waals surface area contributed by atoms with E-state index in [0.717, 1.165) is 25.1 Å². The normalized spacial score (nSPS) is 21.2. The Labute approximate surface area is 91.1 Å². The SMILES string of the molecule is CC(C)(C)c1ncc2c(n1)CCC(N)C2. The zero-order valence-corrected chi connectivity index (χ0v) is 9.75. The molecule has 0 aromatic carbocycles. The van der Waals surface area contributed by atoms with Crippen LogP contribution in [0.3, 0.4) is 0 Å². The quantitative estimate of drug-likeness (QED) is 0.699. The summed E-state index contributed by atoms with van der Waals surface area (Å²) in [6.45, 7) is 6.43. The van der Waals surface area contributed by atoms with E-state index in [1.54, 1.807) is 0 Å². The van der Waals surface area contributed by atoms with E-state index in [-0.39, 0.29) is 5.41 Å². The van der Waals surface area contributed by atoms with Crippen molar-refractivity contribution in [1.29, 1.82) is 0 Å². The first-order valence-corrected chi connectivity index (χ1v) is 5.57. The highest BCUT2D eigenvalue weighted by Gasteiger charge is 2.22. The molecule has 0 amide bonds. The third-order valence-corrected chi connectivity index (χ3v) is 2.86. The second kappa shape index (κ2) is 3.56. The van der Waals surface area contributed by atoms with Crippen LogP contribution >= 0.6 is 0 Å². The van der Waals surface area contributed by atoms with Crippen LogP contribution in [-0.2, 0) is 18.3 Å². The van der Waals surface area contributed by atoms with Crippen molar-refractivity contribution >= 4 is 0 Å². The van der Waals surface area contributed by atoms with Crippen molar-refractivity contribution in [2.24, 2.45) is 5.73 Å². The van der Waals surface area contributed by atoms with Gasteiger partial charge in [0.2, 0.25) is 0 Å². The predicted molar refractivity (Wildman–Crippen MR) is 60.7 cm³/mol. The Morgan fingerprint density at radius 2 is 2.13 bits per heavy atom. The summed E-state index contributed by atoms with van der Waals surface area (Å²) >= 11 is 0. The Hall–Kier alpha value is -0.960. The summed E-state index contributed by atoms with van der Waals surface area (Å²) in [7, 11) is 0. The van der Waals surface area contributed by atoms with E-state index in [4.69, 9.17) is 5.73 Å². The number of fused-ring (bicyclic) bond motifs is 1. The monoisotopic (exact) mass is 205 g/mol. The number of nitrogens with zero attached hydrogens (tertiary/aromatic N) is 2. The molecular formula is C12H19N3. The van der Waals surface area contributed by atoms with E-state index in [9.17, 15) is 0 Å². The molecule has 0 aliphatic heterocycles. The largest absolute Gasteiger partial charge is 0.327 e. The minimum Gasteiger partial charge on any atom is -0.327 e. The van der Waals surface area contributed by atoms with Crippen LogP contribution in [0.4, 0.5) is 0 Å². The molecule has 3 nitrogen and oxygen atoms in total. The average molecular weight is 205 g/mol. The molecule has 1 aliphatic rings. The van der Waals surface area contributed by atoms with E-state index in [1.807, 2.05) is 6.20 Å². The lowest BCUT2D eigenvalue weighted by molar-refractivity contribution is 0.518. The average Bonchev–Trinajstić information content (AvgIpc) is 2.15. The number of rotatable bonds is 0. The molecule has 1 aliphatic carbocycles. The molecule has 1 atom stereocenters. The molecule has 0 spiro atoms. The van der Waals surface area contributed by atoms with E-state index >= 15 is 0 Å². The van der Waals surface area contributed by atoms with Crippen molar-refractivity contribution in [1.82, 2.24) is 9.97 Å². The van der Waals surface area contributed by atoms with Crippen LogP contribution < -0.4 is 5.73 Å². The second-order valence-corrected chi connectivity index (χ2v) is 5.42. The van der Waals surface area contributed by atoms with Gasteiger partial charge in [0, 0.05) is 23.3 Å². The van der Waals surface area contributed by atoms with Gasteiger partial charge in [0.1, 0.15) is 5.82 Å². The fourth-order valence-corrected chi connectivity index (χ4v) is 1.90. The van der Waals surface area contributed by atoms with Gasteiger partial charge in [-0.3, -0.25) is 0 Å². The second-order valence-electron chi connectivity index (χ2n) is 5.42. The molecule has 2 N–H and O–H groups in total. The van der Waals surface area contributed by atoms with Gasteiger partial charge in [0.05, 0.1) is 0 Å². The molecule has 3 heteroatoms. The lowest BCUT2D eigenvalue weighted by atomic mass is 9.91. The van der Waals surface area contributed by atoms with E-state index in [0.29, 0.717) is 6.04 Å². The molecule has 1 heterocycles. The molecule has 1 aromatic rings. The van der Waals surface area contributed by atoms with Crippen molar-refractivity contribution in [2.45, 2.75) is 51.5 Å². The van der Waals surface area contributed by atoms with Crippen LogP contribution in [0.1, 0.15) is 44.3 Å². The Balaban J connectivity index is 2.35. The number of aryl methyl sites for hydroxylation is 1. The Morgan fingerprint density at radius 3 is 2.80 bits per heavy atom. The summed E-state index contributed by atoms with van der Waals surface area (Å²) < 4.78 is 0. The van der Waals surface area contributed by atoms with Gasteiger partial charge < -0.3 is 5.73 Å². The van der Waals surface area contributed by atoms with Gasteiger partial charge in [-0.05, 0) is 24.8 Å². The van der Waals surface area contributed by atoms with E-state index < -0.39 is 0 Å². The number of nitrogens with two attached hydrogens (primary N) is 1. The fourth-order valence-electron chi connectivity index (χ4n) is 1.90. The molecule has 0 radical (unpaired) electrons. The molecule has 82 valence electrons. The first kappa shape index (κ1) is 10.6. The summed E-state index contributed by atoms with van der Waals surface area (Å²) in [5, 5.41) is 0. The van der Waals surface area contributed by atoms with E-state index in [2.05, 4.69) is 30.7 Å². The van der Waals surface area contributed by atoms with Gasteiger partial charge in [-0.2, -0.15) is 0 Å². The van der Waals surface area contributed by atoms with Crippen LogP contribution in [0, 0.1) is 0 Å². The topological polar surface area (TPSA) is 51.8 Å². The summed E-state index contributed by atoms with van der Waals surface area (Å²) in [6.07, 6.45) is 4.94. The van der Waals surface area contributed by atoms with Crippen molar-refractivity contribution in [2.75, 3.05) is 0 Å². The molecule has 0 bridgehead atoms. The van der Waals surface area contributed by atoms with Crippen LogP contribution in [-0.4, -0.2) is 16.0 Å². The van der Waals surface area contributed by atoms with Crippen molar-refractivity contribution in [3.8, 4) is 0 Å². The molecule has 15 heavy (non-hydrogen) atoms. The van der Waals surface area contributed by atoms with Gasteiger partial charge in [0.25, 0.3) is 0 Å². The molecule has 1 aromatic heterocycles. The highest BCUT2D eigenvalue weighted by molar-refractivity contribution is 5.23. The molecular weight excluding hydrogens is 186 g/mol. The smallest absolute Gasteiger partial charge is 0.133 e. The highest BCUT2D eigenvalue weighted by atomic mass is 14.9. The first-order chi connectivity index (χ1) is 6.97. The van der Waals surface area contributed by atoms with Gasteiger partial charge in [0.15, 0.2) is 0 Å². The maximum absolute atomic E-state index is 5.92. The fraction of sp³-hybridized carbons (Fsp3) is 0.667. The highest BCUT2D eigenvalue weighted by Crippen LogP contribution is 2.23. The summed E-state index contributed by atoms with van der Waals surface area (Å²) in [6, 6.07) is 0.293. The maximum atomic E-state index is 5.92. The van der Waals surface area contributed by atoms with Crippen molar-refractivity contribution in [3.63, 3.8) is 0 Å². The summed E-state index contributed by atoms with van der Waals surface area (Å²) in [5.74, 6) is 0.941. The minimum absolute atomic E-state index is 0.0363. The third kappa shape index (κ3) is 2.17. The van der Waals surface area contributed by atoms with Crippen LogP contribution in [0.15, 0.2) is 6.20 Å². The van der Waals surface area contributed by atoms with Crippen molar-refractivity contribution in [3.05, 3.63) is 23.3 Å². The van der Waals surface area contributed by atoms with Crippen LogP contribution in [0.25, 0.3) is 0 Å². The minimum atomic E-state index is 0.0363. The van der Waals surface area contributed by atoms with Crippen molar-refractivity contribution < 1.29 is 0 Å². The molecule has 0 fully saturated rings. The zero-order chi connectivity index (χ0) is 11.1. The molecule has 0 saturated heterocycles. The Morgan fingerprint density at radius 1 is 1.40 bits per heavy atom. The third-order valence-electron chi connectivity index (χ3n) is 2.86. The standard InChI is InChI=1S/C12H19N3/c1-12(2,3)11-14-7-8-6-9(13)4-5-10(8)15-11/h7,9H,4-6,13H2,1-3H3. The zero-order valence-electron chi connectivity index (χ0n) is 9.75. The van der Waals surface area contributed by atoms with Crippen LogP contribution in [0.2, 0.25) is 0 Å². The number of hydrogen-bond acceptors (Lipinski definition) is 3. The Bertz CT molecular complexity index is 366. The van der Waals surface area contributed by atoms with Crippen LogP contribution in [0.5, 0.6) is 0 Å². The maximum Gasteiger partial charge on any atom is 0.133 e. The lowest BCUT2D eigenvalue weighted by Crippen LogP contribution is -2.29.